The molecule has 7 aliphatic heterocycles. The van der Waals surface area contributed by atoms with E-state index in [1.54, 1.807) is 64.0 Å². The third-order valence-electron chi connectivity index (χ3n) is 25.3. The molecule has 0 aliphatic carbocycles. The summed E-state index contributed by atoms with van der Waals surface area (Å²) in [4.78, 5) is 102. The van der Waals surface area contributed by atoms with Gasteiger partial charge in [0.05, 0.1) is 35.5 Å². The van der Waals surface area contributed by atoms with Crippen LogP contribution < -0.4 is 16.4 Å². The molecule has 7 aliphatic rings. The number of hydrogen-bond acceptors (Lipinski definition) is 22. The van der Waals surface area contributed by atoms with Crippen LogP contribution in [0.1, 0.15) is 303 Å². The molecule has 5 N–H and O–H groups in total. The second-order valence-corrected chi connectivity index (χ2v) is 49.9. The predicted octanol–water partition coefficient (Wildman–Crippen LogP) is 20.7. The number of hydrogen-bond donors (Lipinski definition) is 4. The van der Waals surface area contributed by atoms with Crippen molar-refractivity contribution in [1.29, 1.82) is 0 Å². The zero-order valence-corrected chi connectivity index (χ0v) is 93.1. The molecule has 0 aromatic heterocycles. The van der Waals surface area contributed by atoms with E-state index in [0.717, 1.165) is 97.8 Å². The van der Waals surface area contributed by atoms with Gasteiger partial charge in [-0.25, -0.2) is 62.1 Å². The van der Waals surface area contributed by atoms with E-state index in [1.807, 2.05) is 221 Å². The Labute approximate surface area is 877 Å². The lowest BCUT2D eigenvalue weighted by Crippen LogP contribution is -2.42. The Morgan fingerprint density at radius 3 is 0.945 bits per heavy atom. The van der Waals surface area contributed by atoms with Gasteiger partial charge in [0.1, 0.15) is 28.0 Å². The number of halogens is 3. The van der Waals surface area contributed by atoms with Crippen LogP contribution in [0.2, 0.25) is 15.1 Å². The van der Waals surface area contributed by atoms with Gasteiger partial charge in [-0.2, -0.15) is 0 Å². The van der Waals surface area contributed by atoms with Crippen LogP contribution in [0.25, 0.3) is 0 Å². The van der Waals surface area contributed by atoms with Gasteiger partial charge in [0, 0.05) is 119 Å². The molecule has 0 bridgehead atoms. The van der Waals surface area contributed by atoms with Crippen LogP contribution in [-0.4, -0.2) is 246 Å². The van der Waals surface area contributed by atoms with Crippen LogP contribution >= 0.6 is 34.8 Å². The lowest BCUT2D eigenvalue weighted by Gasteiger charge is -2.34. The van der Waals surface area contributed by atoms with E-state index >= 15 is 0 Å². The number of benzene rings is 6. The molecule has 145 heavy (non-hydrogen) atoms. The average Bonchev–Trinajstić information content (AvgIpc) is 0.815. The minimum absolute atomic E-state index is 0.00346. The van der Waals surface area contributed by atoms with Gasteiger partial charge in [0.15, 0.2) is 0 Å². The van der Waals surface area contributed by atoms with E-state index in [2.05, 4.69) is 10.6 Å². The number of methoxy groups -OCH3 is 1. The Kier molecular flexibility index (Phi) is 48.9. The molecule has 30 nitrogen and oxygen atoms in total. The van der Waals surface area contributed by atoms with E-state index < -0.39 is 58.4 Å². The molecule has 13 rings (SSSR count). The second-order valence-electron chi connectivity index (χ2n) is 42.7. The van der Waals surface area contributed by atoms with Gasteiger partial charge >= 0.3 is 42.2 Å². The van der Waals surface area contributed by atoms with Crippen molar-refractivity contribution in [1.82, 2.24) is 38.2 Å². The van der Waals surface area contributed by atoms with Crippen molar-refractivity contribution in [3.8, 4) is 0 Å². The lowest BCUT2D eigenvalue weighted by molar-refractivity contribution is -0.157. The fraction of sp³-hybridized carbons (Fsp3) is 0.596. The van der Waals surface area contributed by atoms with Crippen molar-refractivity contribution >= 4 is 113 Å². The number of carbonyl (C=O) groups is 8. The van der Waals surface area contributed by atoms with E-state index in [9.17, 15) is 68.7 Å². The van der Waals surface area contributed by atoms with Gasteiger partial charge in [-0.3, -0.25) is 14.4 Å². The Hall–Kier alpha value is -9.00. The third kappa shape index (κ3) is 44.0. The largest absolute Gasteiger partial charge is 0.478 e. The fourth-order valence-electron chi connectivity index (χ4n) is 17.9. The molecule has 0 atom stereocenters. The normalized spacial score (nSPS) is 17.4. The Morgan fingerprint density at radius 1 is 0.372 bits per heavy atom. The van der Waals surface area contributed by atoms with Gasteiger partial charge in [-0.1, -0.05) is 158 Å². The van der Waals surface area contributed by atoms with Gasteiger partial charge in [-0.15, -0.1) is 0 Å². The Balaban J connectivity index is 0.000000242. The van der Waals surface area contributed by atoms with Crippen molar-refractivity contribution in [2.45, 2.75) is 283 Å². The highest BCUT2D eigenvalue weighted by atomic mass is 35.5. The SMILES string of the molecule is CC.CC(C)(C)OC(=O)CC1CCN(S(=O)(=O)Cc2ccccc2)CC1.CC(C)(C)OC(=O)CC1CCNCC1.CC(C)(C)OC(=O)N1CCC(c2ccc(Cl)cc2C(=O)NCC2CCN(S(=O)(=O)Cc3ccccc3)CC2)CC1.CC(C)(C)OC(=O)N1CCC(c2ccc(Cl)cc2C(=O)O)CC1.COC(=O)c1cc(Cl)ccc1C1CCN(C(=O)OC(C)(C)C)CC1.NCC1CCN(S(=O)(=O)Cc2ccccc2)CC1. The molecule has 806 valence electrons. The number of likely N-dealkylation sites (tertiary alicyclic amines) is 3. The number of esters is 3. The Morgan fingerprint density at radius 2 is 0.648 bits per heavy atom. The number of carboxylic acids is 1. The van der Waals surface area contributed by atoms with Crippen molar-refractivity contribution in [2.24, 2.45) is 29.4 Å². The monoisotopic (exact) mass is 2130 g/mol. The number of aromatic carboxylic acids is 1. The summed E-state index contributed by atoms with van der Waals surface area (Å²) in [7, 11) is -8.49. The summed E-state index contributed by atoms with van der Waals surface area (Å²) in [6.45, 7) is 41.6. The van der Waals surface area contributed by atoms with E-state index in [1.165, 1.54) is 13.2 Å². The topological polar surface area (TPSA) is 384 Å². The van der Waals surface area contributed by atoms with Crippen molar-refractivity contribution in [2.75, 3.05) is 112 Å². The highest BCUT2D eigenvalue weighted by Gasteiger charge is 2.38. The van der Waals surface area contributed by atoms with Crippen LogP contribution in [0.5, 0.6) is 0 Å². The third-order valence-corrected chi connectivity index (χ3v) is 31.5. The summed E-state index contributed by atoms with van der Waals surface area (Å²) in [5.74, 6) is 0.175. The molecule has 4 amide bonds. The van der Waals surface area contributed by atoms with Crippen LogP contribution in [0, 0.1) is 23.7 Å². The molecule has 0 unspecified atom stereocenters. The number of carbonyl (C=O) groups excluding carboxylic acids is 7. The number of piperidine rings is 7. The van der Waals surface area contributed by atoms with Crippen LogP contribution in [-0.2, 0) is 85.3 Å². The zero-order chi connectivity index (χ0) is 107. The maximum atomic E-state index is 13.3. The first kappa shape index (κ1) is 123. The minimum atomic E-state index is -3.38. The fourth-order valence-corrected chi connectivity index (χ4v) is 23.1. The summed E-state index contributed by atoms with van der Waals surface area (Å²) in [6, 6.07) is 43.5. The van der Waals surface area contributed by atoms with E-state index in [0.29, 0.717) is 181 Å². The summed E-state index contributed by atoms with van der Waals surface area (Å²) in [5.41, 5.74) is 9.62. The first-order valence-corrected chi connectivity index (χ1v) is 56.8. The van der Waals surface area contributed by atoms with Gasteiger partial charge in [0.2, 0.25) is 30.1 Å². The lowest BCUT2D eigenvalue weighted by atomic mass is 9.86. The van der Waals surface area contributed by atoms with Crippen molar-refractivity contribution in [3.63, 3.8) is 0 Å². The first-order chi connectivity index (χ1) is 68.0. The molecule has 6 aromatic carbocycles. The zero-order valence-electron chi connectivity index (χ0n) is 88.4. The predicted molar refractivity (Wildman–Crippen MR) is 571 cm³/mol. The summed E-state index contributed by atoms with van der Waals surface area (Å²) in [6.07, 6.45) is 11.2. The number of nitrogens with one attached hydrogen (secondary N) is 2. The molecule has 0 radical (unpaired) electrons. The number of nitrogens with zero attached hydrogens (tertiary/aromatic N) is 6. The van der Waals surface area contributed by atoms with E-state index in [-0.39, 0.29) is 100 Å². The molecule has 6 aromatic rings. The van der Waals surface area contributed by atoms with E-state index in [4.69, 9.17) is 69.0 Å². The quantitative estimate of drug-likeness (QED) is 0.0362. The smallest absolute Gasteiger partial charge is 0.410 e. The molecule has 36 heteroatoms. The standard InChI is InChI=1S/C30H40ClN3O5S.C18H24ClNO4.C18H27NO4S.C17H22ClNO4.C13H20N2O2S.C11H21NO2.C2H6/c1-30(2,3)39-29(36)33-15-13-24(14-16-33)26-10-9-25(31)19-27(26)28(35)32-20-22-11-17-34(18-12-22)40(37,38)21-23-7-5-4-6-8-23;1-18(2,3)24-17(22)20-9-7-12(8-10-20)14-6-5-13(19)11-15(14)16(21)23-4;1-18(2,3)23-17(20)13-15-9-11-19(12-10-15)24(21,22)14-16-7-5-4-6-8-16;1-17(2,3)23-16(22)19-8-6-11(7-9-19)13-5-4-12(18)10-14(13)15(20)21;14-10-12-6-8-15(9-7-12)18(16,17)11-13-4-2-1-3-5-13;1-11(2,3)14-10(13)8-9-4-6-12-7-5-9;1-2/h4-10,19,22,24H,11-18,20-21H2,1-3H3,(H,32,35);5-6,11-12H,7-10H2,1-4H3;4-8,15H,9-14H2,1-3H3;4-5,10-11H,6-9H2,1-3H3,(H,20,21);1-5,12H,6-11,14H2;9,12H,4-8H2,1-3H3;1-2H3. The van der Waals surface area contributed by atoms with Crippen LogP contribution in [0.4, 0.5) is 14.4 Å². The molecule has 0 spiro atoms. The summed E-state index contributed by atoms with van der Waals surface area (Å²) >= 11 is 18.2. The number of sulfonamides is 3. The maximum absolute atomic E-state index is 13.3. The van der Waals surface area contributed by atoms with Crippen molar-refractivity contribution < 1.29 is 97.1 Å². The number of nitrogens with two attached hydrogens (primary N) is 1. The number of amides is 4. The first-order valence-electron chi connectivity index (χ1n) is 50.9. The number of ether oxygens (including phenoxy) is 6. The van der Waals surface area contributed by atoms with Crippen molar-refractivity contribution in [3.05, 3.63) is 211 Å². The van der Waals surface area contributed by atoms with Crippen LogP contribution in [0.3, 0.4) is 0 Å². The Bertz CT molecular complexity index is 5450. The summed E-state index contributed by atoms with van der Waals surface area (Å²) < 4.78 is 112. The minimum Gasteiger partial charge on any atom is -0.478 e. The highest BCUT2D eigenvalue weighted by Crippen LogP contribution is 2.38. The van der Waals surface area contributed by atoms with Gasteiger partial charge in [0.25, 0.3) is 5.91 Å². The highest BCUT2D eigenvalue weighted by molar-refractivity contribution is 7.88. The number of carboxylic acid groups (broad SMARTS) is 1. The average molecular weight is 2140 g/mol. The van der Waals surface area contributed by atoms with Crippen LogP contribution in [0.15, 0.2) is 146 Å². The molecule has 7 fully saturated rings. The van der Waals surface area contributed by atoms with Gasteiger partial charge < -0.3 is 64.6 Å². The maximum Gasteiger partial charge on any atom is 0.410 e. The molecular formula is C109H160Cl3N9O21S3. The molecule has 0 saturated carbocycles. The second kappa shape index (κ2) is 57.7. The molecular weight excluding hydrogens is 1970 g/mol. The summed E-state index contributed by atoms with van der Waals surface area (Å²) in [5, 5.41) is 17.1. The van der Waals surface area contributed by atoms with Gasteiger partial charge in [-0.05, 0) is 325 Å². The molecule has 7 saturated heterocycles. The molecule has 7 heterocycles. The number of rotatable bonds is 22.